The molecule has 2 N–H and O–H groups in total. The van der Waals surface area contributed by atoms with E-state index in [2.05, 4.69) is 20.6 Å². The minimum Gasteiger partial charge on any atom is -0.321 e. The summed E-state index contributed by atoms with van der Waals surface area (Å²) in [5.74, 6) is -0.346. The maximum absolute atomic E-state index is 12.1. The summed E-state index contributed by atoms with van der Waals surface area (Å²) >= 11 is 11.7. The smallest absolute Gasteiger partial charge is 0.275 e. The van der Waals surface area contributed by atoms with Crippen LogP contribution in [0.2, 0.25) is 10.0 Å². The van der Waals surface area contributed by atoms with Gasteiger partial charge in [0.1, 0.15) is 5.69 Å². The average Bonchev–Trinajstić information content (AvgIpc) is 3.08. The van der Waals surface area contributed by atoms with Crippen molar-refractivity contribution < 1.29 is 4.79 Å². The highest BCUT2D eigenvalue weighted by Crippen LogP contribution is 2.16. The first-order chi connectivity index (χ1) is 10.6. The van der Waals surface area contributed by atoms with E-state index >= 15 is 0 Å². The Morgan fingerprint density at radius 3 is 2.86 bits per heavy atom. The van der Waals surface area contributed by atoms with Crippen LogP contribution in [0.5, 0.6) is 0 Å². The van der Waals surface area contributed by atoms with Crippen molar-refractivity contribution in [3.63, 3.8) is 0 Å². The second-order valence-corrected chi connectivity index (χ2v) is 5.45. The maximum atomic E-state index is 12.1. The number of anilines is 1. The summed E-state index contributed by atoms with van der Waals surface area (Å²) in [7, 11) is 0. The van der Waals surface area contributed by atoms with E-state index in [1.807, 2.05) is 18.2 Å². The monoisotopic (exact) mass is 335 g/mol. The number of aromatic amines is 1. The molecular formula is C14H11Cl2N5O. The minimum atomic E-state index is -0.346. The Bertz CT molecular complexity index is 811. The van der Waals surface area contributed by atoms with Crippen LogP contribution in [0.4, 0.5) is 5.69 Å². The Hall–Kier alpha value is -2.31. The zero-order valence-corrected chi connectivity index (χ0v) is 12.8. The summed E-state index contributed by atoms with van der Waals surface area (Å²) < 4.78 is 1.72. The molecule has 0 saturated carbocycles. The molecule has 22 heavy (non-hydrogen) atoms. The van der Waals surface area contributed by atoms with Gasteiger partial charge in [0.05, 0.1) is 29.0 Å². The molecule has 0 aliphatic carbocycles. The normalized spacial score (nSPS) is 10.6. The molecule has 0 unspecified atom stereocenters. The predicted octanol–water partition coefficient (Wildman–Crippen LogP) is 3.21. The van der Waals surface area contributed by atoms with Crippen molar-refractivity contribution in [1.29, 1.82) is 0 Å². The number of carbonyl (C=O) groups excluding carboxylic acids is 1. The van der Waals surface area contributed by atoms with Gasteiger partial charge >= 0.3 is 0 Å². The van der Waals surface area contributed by atoms with Crippen LogP contribution in [0.3, 0.4) is 0 Å². The molecule has 0 fully saturated rings. The lowest BCUT2D eigenvalue weighted by molar-refractivity contribution is 0.102. The van der Waals surface area contributed by atoms with Crippen molar-refractivity contribution in [3.05, 3.63) is 64.2 Å². The van der Waals surface area contributed by atoms with Crippen LogP contribution in [0.1, 0.15) is 16.1 Å². The molecule has 0 saturated heterocycles. The topological polar surface area (TPSA) is 75.6 Å². The number of hydrogen-bond acceptors (Lipinski definition) is 3. The van der Waals surface area contributed by atoms with Crippen molar-refractivity contribution in [2.45, 2.75) is 6.54 Å². The average molecular weight is 336 g/mol. The van der Waals surface area contributed by atoms with Gasteiger partial charge in [0.25, 0.3) is 5.91 Å². The van der Waals surface area contributed by atoms with Gasteiger partial charge in [-0.3, -0.25) is 14.6 Å². The minimum absolute atomic E-state index is 0.228. The molecule has 0 spiro atoms. The number of benzene rings is 1. The molecule has 6 nitrogen and oxygen atoms in total. The van der Waals surface area contributed by atoms with Gasteiger partial charge in [0.2, 0.25) is 0 Å². The number of rotatable bonds is 4. The Labute approximate surface area is 136 Å². The third-order valence-electron chi connectivity index (χ3n) is 2.95. The highest BCUT2D eigenvalue weighted by atomic mass is 35.5. The molecule has 0 aliphatic rings. The lowest BCUT2D eigenvalue weighted by Gasteiger charge is -2.07. The summed E-state index contributed by atoms with van der Waals surface area (Å²) in [5, 5.41) is 14.0. The summed E-state index contributed by atoms with van der Waals surface area (Å²) in [6, 6.07) is 7.44. The molecule has 0 aliphatic heterocycles. The first-order valence-electron chi connectivity index (χ1n) is 6.39. The summed E-state index contributed by atoms with van der Waals surface area (Å²) in [6.07, 6.45) is 4.69. The van der Waals surface area contributed by atoms with Gasteiger partial charge in [-0.25, -0.2) is 0 Å². The van der Waals surface area contributed by atoms with Gasteiger partial charge in [-0.05, 0) is 17.7 Å². The molecule has 3 rings (SSSR count). The van der Waals surface area contributed by atoms with Gasteiger partial charge in [-0.1, -0.05) is 35.3 Å². The largest absolute Gasteiger partial charge is 0.321 e. The Morgan fingerprint density at radius 1 is 1.32 bits per heavy atom. The quantitative estimate of drug-likeness (QED) is 0.768. The number of halogens is 2. The molecule has 3 aromatic rings. The number of nitrogens with one attached hydrogen (secondary N) is 2. The van der Waals surface area contributed by atoms with E-state index in [0.717, 1.165) is 5.56 Å². The van der Waals surface area contributed by atoms with Crippen LogP contribution in [-0.4, -0.2) is 25.9 Å². The molecule has 1 aromatic carbocycles. The lowest BCUT2D eigenvalue weighted by atomic mass is 10.2. The fourth-order valence-corrected chi connectivity index (χ4v) is 2.32. The zero-order chi connectivity index (χ0) is 15.5. The van der Waals surface area contributed by atoms with Crippen LogP contribution in [0, 0.1) is 0 Å². The molecule has 8 heteroatoms. The number of amides is 1. The van der Waals surface area contributed by atoms with Crippen LogP contribution in [-0.2, 0) is 6.54 Å². The molecule has 112 valence electrons. The molecule has 2 heterocycles. The van der Waals surface area contributed by atoms with E-state index < -0.39 is 0 Å². The SMILES string of the molecule is O=C(Nc1cccc(Cn2cc(Cl)cn2)c1)c1[nH]ncc1Cl. The Morgan fingerprint density at radius 2 is 2.18 bits per heavy atom. The Kier molecular flexibility index (Phi) is 4.13. The number of nitrogens with zero attached hydrogens (tertiary/aromatic N) is 3. The van der Waals surface area contributed by atoms with Crippen molar-refractivity contribution in [1.82, 2.24) is 20.0 Å². The van der Waals surface area contributed by atoms with E-state index in [1.165, 1.54) is 6.20 Å². The van der Waals surface area contributed by atoms with E-state index in [4.69, 9.17) is 23.2 Å². The number of carbonyl (C=O) groups is 1. The fourth-order valence-electron chi connectivity index (χ4n) is 1.98. The van der Waals surface area contributed by atoms with Crippen molar-refractivity contribution in [3.8, 4) is 0 Å². The second kappa shape index (κ2) is 6.21. The lowest BCUT2D eigenvalue weighted by Crippen LogP contribution is -2.13. The van der Waals surface area contributed by atoms with Crippen LogP contribution in [0.25, 0.3) is 0 Å². The van der Waals surface area contributed by atoms with Crippen molar-refractivity contribution in [2.24, 2.45) is 0 Å². The van der Waals surface area contributed by atoms with E-state index in [9.17, 15) is 4.79 Å². The summed E-state index contributed by atoms with van der Waals surface area (Å²) in [4.78, 5) is 12.1. The second-order valence-electron chi connectivity index (χ2n) is 4.60. The first-order valence-corrected chi connectivity index (χ1v) is 7.14. The summed E-state index contributed by atoms with van der Waals surface area (Å²) in [5.41, 5.74) is 1.87. The predicted molar refractivity (Wildman–Crippen MR) is 84.3 cm³/mol. The summed E-state index contributed by atoms with van der Waals surface area (Å²) in [6.45, 7) is 0.557. The van der Waals surface area contributed by atoms with Crippen LogP contribution >= 0.6 is 23.2 Å². The van der Waals surface area contributed by atoms with E-state index in [-0.39, 0.29) is 16.6 Å². The zero-order valence-electron chi connectivity index (χ0n) is 11.3. The molecule has 1 amide bonds. The van der Waals surface area contributed by atoms with Gasteiger partial charge in [0.15, 0.2) is 0 Å². The molecule has 0 radical (unpaired) electrons. The highest BCUT2D eigenvalue weighted by molar-refractivity contribution is 6.34. The maximum Gasteiger partial charge on any atom is 0.275 e. The van der Waals surface area contributed by atoms with Crippen LogP contribution < -0.4 is 5.32 Å². The molecule has 0 bridgehead atoms. The Balaban J connectivity index is 1.74. The van der Waals surface area contributed by atoms with Crippen LogP contribution in [0.15, 0.2) is 42.9 Å². The first kappa shape index (κ1) is 14.6. The van der Waals surface area contributed by atoms with Gasteiger partial charge < -0.3 is 5.32 Å². The van der Waals surface area contributed by atoms with Gasteiger partial charge in [0, 0.05) is 11.9 Å². The number of H-pyrrole nitrogens is 1. The third kappa shape index (κ3) is 3.29. The van der Waals surface area contributed by atoms with Crippen molar-refractivity contribution in [2.75, 3.05) is 5.32 Å². The number of hydrogen-bond donors (Lipinski definition) is 2. The molecular weight excluding hydrogens is 325 g/mol. The fraction of sp³-hybridized carbons (Fsp3) is 0.0714. The van der Waals surface area contributed by atoms with E-state index in [1.54, 1.807) is 23.1 Å². The van der Waals surface area contributed by atoms with Gasteiger partial charge in [-0.15, -0.1) is 0 Å². The van der Waals surface area contributed by atoms with Crippen molar-refractivity contribution >= 4 is 34.8 Å². The molecule has 2 aromatic heterocycles. The highest BCUT2D eigenvalue weighted by Gasteiger charge is 2.12. The molecule has 0 atom stereocenters. The van der Waals surface area contributed by atoms with Gasteiger partial charge in [-0.2, -0.15) is 10.2 Å². The van der Waals surface area contributed by atoms with E-state index in [0.29, 0.717) is 17.3 Å². The standard InChI is InChI=1S/C14H11Cl2N5O/c15-10-5-18-21(8-10)7-9-2-1-3-11(4-9)19-14(22)13-12(16)6-17-20-13/h1-6,8H,7H2,(H,17,20)(H,19,22). The third-order valence-corrected chi connectivity index (χ3v) is 3.43. The number of aromatic nitrogens is 4.